The molecule has 2 heterocycles. The maximum absolute atomic E-state index is 4.49. The Bertz CT molecular complexity index is 368. The van der Waals surface area contributed by atoms with Crippen molar-refractivity contribution in [1.82, 2.24) is 20.2 Å². The van der Waals surface area contributed by atoms with Crippen LogP contribution in [0.4, 0.5) is 5.95 Å². The fourth-order valence-electron chi connectivity index (χ4n) is 2.19. The Hall–Kier alpha value is -1.20. The molecule has 0 radical (unpaired) electrons. The molecule has 2 rings (SSSR count). The number of rotatable bonds is 5. The molecule has 5 heteroatoms. The highest BCUT2D eigenvalue weighted by atomic mass is 15.3. The lowest BCUT2D eigenvalue weighted by molar-refractivity contribution is 0.270. The molecule has 19 heavy (non-hydrogen) atoms. The van der Waals surface area contributed by atoms with E-state index >= 15 is 0 Å². The second-order valence-electron chi connectivity index (χ2n) is 5.35. The normalized spacial score (nSPS) is 17.2. The largest absolute Gasteiger partial charge is 0.338 e. The lowest BCUT2D eigenvalue weighted by Gasteiger charge is -2.33. The highest BCUT2D eigenvalue weighted by molar-refractivity contribution is 5.30. The lowest BCUT2D eigenvalue weighted by Crippen LogP contribution is -2.46. The van der Waals surface area contributed by atoms with E-state index in [-0.39, 0.29) is 0 Å². The Balaban J connectivity index is 1.88. The zero-order valence-corrected chi connectivity index (χ0v) is 12.3. The maximum Gasteiger partial charge on any atom is 0.225 e. The van der Waals surface area contributed by atoms with Crippen LogP contribution in [0.1, 0.15) is 26.3 Å². The van der Waals surface area contributed by atoms with Crippen LogP contribution in [-0.4, -0.2) is 53.6 Å². The van der Waals surface area contributed by atoms with Gasteiger partial charge in [-0.05, 0) is 6.54 Å². The first-order valence-corrected chi connectivity index (χ1v) is 7.20. The van der Waals surface area contributed by atoms with Crippen LogP contribution in [0.3, 0.4) is 0 Å². The summed E-state index contributed by atoms with van der Waals surface area (Å²) in [5.74, 6) is 0.865. The monoisotopic (exact) mass is 263 g/mol. The van der Waals surface area contributed by atoms with Gasteiger partial charge < -0.3 is 15.1 Å². The van der Waals surface area contributed by atoms with Crippen molar-refractivity contribution in [3.63, 3.8) is 0 Å². The number of piperazine rings is 1. The smallest absolute Gasteiger partial charge is 0.225 e. The van der Waals surface area contributed by atoms with Crippen molar-refractivity contribution in [2.24, 2.45) is 0 Å². The lowest BCUT2D eigenvalue weighted by atomic mass is 10.3. The van der Waals surface area contributed by atoms with Gasteiger partial charge in [0.2, 0.25) is 5.95 Å². The summed E-state index contributed by atoms with van der Waals surface area (Å²) in [5, 5.41) is 3.37. The van der Waals surface area contributed by atoms with E-state index in [0.29, 0.717) is 6.04 Å². The minimum absolute atomic E-state index is 0.488. The van der Waals surface area contributed by atoms with Crippen LogP contribution < -0.4 is 10.2 Å². The van der Waals surface area contributed by atoms with Crippen LogP contribution in [-0.2, 0) is 6.54 Å². The molecule has 0 atom stereocenters. The molecule has 0 spiro atoms. The third-order valence-electron chi connectivity index (χ3n) is 3.51. The van der Waals surface area contributed by atoms with E-state index in [2.05, 4.69) is 45.9 Å². The number of likely N-dealkylation sites (N-methyl/N-ethyl adjacent to an activating group) is 1. The summed E-state index contributed by atoms with van der Waals surface area (Å²) in [6, 6.07) is 0.488. The minimum Gasteiger partial charge on any atom is -0.338 e. The van der Waals surface area contributed by atoms with Crippen LogP contribution in [0.15, 0.2) is 12.4 Å². The summed E-state index contributed by atoms with van der Waals surface area (Å²) in [6.45, 7) is 12.7. The summed E-state index contributed by atoms with van der Waals surface area (Å²) in [5.41, 5.74) is 1.14. The maximum atomic E-state index is 4.49. The SMILES string of the molecule is CCN1CCN(c2ncc(CNC(C)C)cn2)CC1. The Kier molecular flexibility index (Phi) is 5.10. The predicted molar refractivity (Wildman–Crippen MR) is 78.3 cm³/mol. The van der Waals surface area contributed by atoms with Gasteiger partial charge in [0.1, 0.15) is 0 Å². The number of hydrogen-bond acceptors (Lipinski definition) is 5. The van der Waals surface area contributed by atoms with Crippen molar-refractivity contribution in [2.75, 3.05) is 37.6 Å². The molecule has 0 amide bonds. The molecular formula is C14H25N5. The molecule has 0 aromatic carbocycles. The predicted octanol–water partition coefficient (Wildman–Crippen LogP) is 1.12. The zero-order chi connectivity index (χ0) is 13.7. The van der Waals surface area contributed by atoms with Gasteiger partial charge in [0, 0.05) is 56.7 Å². The first-order chi connectivity index (χ1) is 9.19. The second-order valence-corrected chi connectivity index (χ2v) is 5.35. The third-order valence-corrected chi connectivity index (χ3v) is 3.51. The molecule has 0 saturated carbocycles. The van der Waals surface area contributed by atoms with E-state index in [0.717, 1.165) is 50.8 Å². The summed E-state index contributed by atoms with van der Waals surface area (Å²) < 4.78 is 0. The van der Waals surface area contributed by atoms with Gasteiger partial charge >= 0.3 is 0 Å². The molecule has 1 saturated heterocycles. The molecular weight excluding hydrogens is 238 g/mol. The van der Waals surface area contributed by atoms with Crippen LogP contribution in [0, 0.1) is 0 Å². The molecule has 1 aromatic heterocycles. The van der Waals surface area contributed by atoms with Crippen molar-refractivity contribution in [1.29, 1.82) is 0 Å². The van der Waals surface area contributed by atoms with E-state index < -0.39 is 0 Å². The Morgan fingerprint density at radius 2 is 1.79 bits per heavy atom. The Morgan fingerprint density at radius 3 is 2.32 bits per heavy atom. The second kappa shape index (κ2) is 6.82. The highest BCUT2D eigenvalue weighted by Gasteiger charge is 2.17. The Labute approximate surface area is 116 Å². The highest BCUT2D eigenvalue weighted by Crippen LogP contribution is 2.10. The van der Waals surface area contributed by atoms with E-state index in [9.17, 15) is 0 Å². The first-order valence-electron chi connectivity index (χ1n) is 7.20. The molecule has 1 aliphatic heterocycles. The molecule has 1 aliphatic rings. The third kappa shape index (κ3) is 4.14. The fourth-order valence-corrected chi connectivity index (χ4v) is 2.19. The summed E-state index contributed by atoms with van der Waals surface area (Å²) in [7, 11) is 0. The van der Waals surface area contributed by atoms with E-state index in [1.165, 1.54) is 0 Å². The van der Waals surface area contributed by atoms with Crippen molar-refractivity contribution < 1.29 is 0 Å². The summed E-state index contributed by atoms with van der Waals surface area (Å²) in [6.07, 6.45) is 3.87. The number of anilines is 1. The van der Waals surface area contributed by atoms with Crippen molar-refractivity contribution in [3.8, 4) is 0 Å². The van der Waals surface area contributed by atoms with Gasteiger partial charge in [-0.3, -0.25) is 0 Å². The molecule has 0 aliphatic carbocycles. The zero-order valence-electron chi connectivity index (χ0n) is 12.3. The van der Waals surface area contributed by atoms with Gasteiger partial charge in [0.25, 0.3) is 0 Å². The number of hydrogen-bond donors (Lipinski definition) is 1. The Morgan fingerprint density at radius 1 is 1.16 bits per heavy atom. The minimum atomic E-state index is 0.488. The average molecular weight is 263 g/mol. The molecule has 106 valence electrons. The molecule has 1 aromatic rings. The topological polar surface area (TPSA) is 44.3 Å². The number of nitrogens with one attached hydrogen (secondary N) is 1. The molecule has 5 nitrogen and oxygen atoms in total. The molecule has 0 unspecified atom stereocenters. The van der Waals surface area contributed by atoms with E-state index in [4.69, 9.17) is 0 Å². The van der Waals surface area contributed by atoms with E-state index in [1.807, 2.05) is 12.4 Å². The molecule has 1 N–H and O–H groups in total. The molecule has 1 fully saturated rings. The quantitative estimate of drug-likeness (QED) is 0.862. The van der Waals surface area contributed by atoms with Gasteiger partial charge in [0.05, 0.1) is 0 Å². The van der Waals surface area contributed by atoms with Gasteiger partial charge in [-0.1, -0.05) is 20.8 Å². The van der Waals surface area contributed by atoms with Crippen molar-refractivity contribution in [3.05, 3.63) is 18.0 Å². The van der Waals surface area contributed by atoms with Crippen LogP contribution in [0.2, 0.25) is 0 Å². The van der Waals surface area contributed by atoms with Crippen molar-refractivity contribution in [2.45, 2.75) is 33.4 Å². The molecule has 0 bridgehead atoms. The van der Waals surface area contributed by atoms with Gasteiger partial charge in [-0.15, -0.1) is 0 Å². The first kappa shape index (κ1) is 14.2. The van der Waals surface area contributed by atoms with Crippen LogP contribution in [0.5, 0.6) is 0 Å². The average Bonchev–Trinajstić information content (AvgIpc) is 2.46. The number of nitrogens with zero attached hydrogens (tertiary/aromatic N) is 4. The van der Waals surface area contributed by atoms with Crippen LogP contribution >= 0.6 is 0 Å². The van der Waals surface area contributed by atoms with Crippen molar-refractivity contribution >= 4 is 5.95 Å². The van der Waals surface area contributed by atoms with Gasteiger partial charge in [-0.25, -0.2) is 9.97 Å². The van der Waals surface area contributed by atoms with Crippen LogP contribution in [0.25, 0.3) is 0 Å². The standard InChI is InChI=1S/C14H25N5/c1-4-18-5-7-19(8-6-18)14-16-10-13(11-17-14)9-15-12(2)3/h10-12,15H,4-9H2,1-3H3. The summed E-state index contributed by atoms with van der Waals surface area (Å²) >= 11 is 0. The van der Waals surface area contributed by atoms with Gasteiger partial charge in [0.15, 0.2) is 0 Å². The van der Waals surface area contributed by atoms with E-state index in [1.54, 1.807) is 0 Å². The number of aromatic nitrogens is 2. The van der Waals surface area contributed by atoms with Gasteiger partial charge in [-0.2, -0.15) is 0 Å². The summed E-state index contributed by atoms with van der Waals surface area (Å²) in [4.78, 5) is 13.7. The fraction of sp³-hybridized carbons (Fsp3) is 0.714.